The Morgan fingerprint density at radius 3 is 2.46 bits per heavy atom. The smallest absolute Gasteiger partial charge is 0.316 e. The summed E-state index contributed by atoms with van der Waals surface area (Å²) in [6.45, 7) is 1.86. The first kappa shape index (κ1) is 15.6. The van der Waals surface area contributed by atoms with Crippen LogP contribution in [-0.4, -0.2) is 11.9 Å². The van der Waals surface area contributed by atoms with Crippen molar-refractivity contribution in [2.75, 3.05) is 5.32 Å². The highest BCUT2D eigenvalue weighted by molar-refractivity contribution is 5.95. The van der Waals surface area contributed by atoms with E-state index in [0.29, 0.717) is 17.0 Å². The highest BCUT2D eigenvalue weighted by atomic mass is 16.3. The fourth-order valence-electron chi connectivity index (χ4n) is 2.41. The third-order valence-electron chi connectivity index (χ3n) is 3.63. The Morgan fingerprint density at radius 2 is 1.79 bits per heavy atom. The average molecular weight is 323 g/mol. The summed E-state index contributed by atoms with van der Waals surface area (Å²) < 4.78 is 5.75. The van der Waals surface area contributed by atoms with Crippen molar-refractivity contribution in [2.24, 2.45) is 5.73 Å². The Bertz CT molecular complexity index is 851. The van der Waals surface area contributed by atoms with Crippen LogP contribution in [0.3, 0.4) is 0 Å². The number of benzene rings is 2. The topological polar surface area (TPSA) is 97.4 Å². The standard InChI is InChI=1S/C18H17N3O3/c1-11(16-10-13-4-2-3-5-15(13)24-16)20-17(22)12-6-8-14(9-7-12)21-18(19)23/h2-11H,1H3,(H,20,22)(H3,19,21,23). The Morgan fingerprint density at radius 1 is 1.08 bits per heavy atom. The number of carbonyl (C=O) groups excluding carboxylic acids is 2. The van der Waals surface area contributed by atoms with Crippen molar-refractivity contribution in [3.8, 4) is 0 Å². The lowest BCUT2D eigenvalue weighted by Crippen LogP contribution is -2.26. The monoisotopic (exact) mass is 323 g/mol. The number of primary amides is 1. The Labute approximate surface area is 138 Å². The maximum atomic E-state index is 12.3. The zero-order chi connectivity index (χ0) is 17.1. The van der Waals surface area contributed by atoms with Crippen molar-refractivity contribution in [2.45, 2.75) is 13.0 Å². The van der Waals surface area contributed by atoms with Gasteiger partial charge in [0.15, 0.2) is 0 Å². The van der Waals surface area contributed by atoms with Crippen molar-refractivity contribution in [3.63, 3.8) is 0 Å². The number of nitrogens with one attached hydrogen (secondary N) is 2. The number of furan rings is 1. The first-order valence-corrected chi connectivity index (χ1v) is 7.49. The third kappa shape index (κ3) is 3.38. The van der Waals surface area contributed by atoms with E-state index >= 15 is 0 Å². The van der Waals surface area contributed by atoms with Gasteiger partial charge in [-0.3, -0.25) is 4.79 Å². The van der Waals surface area contributed by atoms with Crippen LogP contribution in [0.15, 0.2) is 59.0 Å². The maximum absolute atomic E-state index is 12.3. The SMILES string of the molecule is CC(NC(=O)c1ccc(NC(N)=O)cc1)c1cc2ccccc2o1. The minimum atomic E-state index is -0.647. The number of anilines is 1. The van der Waals surface area contributed by atoms with Crippen LogP contribution in [0.4, 0.5) is 10.5 Å². The molecule has 0 saturated carbocycles. The highest BCUT2D eigenvalue weighted by Gasteiger charge is 2.15. The normalized spacial score (nSPS) is 11.9. The molecule has 0 aliphatic heterocycles. The zero-order valence-corrected chi connectivity index (χ0v) is 13.1. The maximum Gasteiger partial charge on any atom is 0.316 e. The van der Waals surface area contributed by atoms with Gasteiger partial charge in [-0.15, -0.1) is 0 Å². The average Bonchev–Trinajstić information content (AvgIpc) is 2.99. The summed E-state index contributed by atoms with van der Waals surface area (Å²) in [6, 6.07) is 15.2. The fraction of sp³-hybridized carbons (Fsp3) is 0.111. The summed E-state index contributed by atoms with van der Waals surface area (Å²) in [7, 11) is 0. The summed E-state index contributed by atoms with van der Waals surface area (Å²) in [6.07, 6.45) is 0. The number of amides is 3. The summed E-state index contributed by atoms with van der Waals surface area (Å²) in [5.41, 5.74) is 6.84. The second-order valence-electron chi connectivity index (χ2n) is 5.45. The van der Waals surface area contributed by atoms with Crippen LogP contribution < -0.4 is 16.4 Å². The molecule has 3 aromatic rings. The predicted molar refractivity (Wildman–Crippen MR) is 91.7 cm³/mol. The van der Waals surface area contributed by atoms with Gasteiger partial charge < -0.3 is 20.8 Å². The van der Waals surface area contributed by atoms with Gasteiger partial charge >= 0.3 is 6.03 Å². The molecule has 0 aliphatic carbocycles. The molecule has 0 bridgehead atoms. The summed E-state index contributed by atoms with van der Waals surface area (Å²) in [4.78, 5) is 23.1. The van der Waals surface area contributed by atoms with Crippen LogP contribution in [0.2, 0.25) is 0 Å². The van der Waals surface area contributed by atoms with Crippen molar-refractivity contribution in [3.05, 3.63) is 65.9 Å². The Hall–Kier alpha value is -3.28. The molecule has 1 heterocycles. The van der Waals surface area contributed by atoms with Gasteiger partial charge in [-0.25, -0.2) is 4.79 Å². The number of nitrogens with two attached hydrogens (primary N) is 1. The molecule has 4 N–H and O–H groups in total. The summed E-state index contributed by atoms with van der Waals surface area (Å²) in [5, 5.41) is 6.33. The Balaban J connectivity index is 1.70. The predicted octanol–water partition coefficient (Wildman–Crippen LogP) is 3.41. The van der Waals surface area contributed by atoms with Crippen molar-refractivity contribution < 1.29 is 14.0 Å². The molecular formula is C18H17N3O3. The van der Waals surface area contributed by atoms with E-state index in [9.17, 15) is 9.59 Å². The fourth-order valence-corrected chi connectivity index (χ4v) is 2.41. The molecule has 3 amide bonds. The van der Waals surface area contributed by atoms with E-state index in [1.807, 2.05) is 37.3 Å². The lowest BCUT2D eigenvalue weighted by atomic mass is 10.1. The van der Waals surface area contributed by atoms with Gasteiger partial charge in [-0.1, -0.05) is 18.2 Å². The van der Waals surface area contributed by atoms with E-state index in [2.05, 4.69) is 10.6 Å². The van der Waals surface area contributed by atoms with E-state index in [-0.39, 0.29) is 11.9 Å². The number of fused-ring (bicyclic) bond motifs is 1. The molecular weight excluding hydrogens is 306 g/mol. The van der Waals surface area contributed by atoms with E-state index < -0.39 is 6.03 Å². The van der Waals surface area contributed by atoms with Gasteiger partial charge in [0, 0.05) is 16.6 Å². The zero-order valence-electron chi connectivity index (χ0n) is 13.1. The van der Waals surface area contributed by atoms with Crippen LogP contribution >= 0.6 is 0 Å². The second kappa shape index (κ2) is 6.45. The Kier molecular flexibility index (Phi) is 4.20. The largest absolute Gasteiger partial charge is 0.459 e. The second-order valence-corrected chi connectivity index (χ2v) is 5.45. The molecule has 3 rings (SSSR count). The number of rotatable bonds is 4. The number of carbonyl (C=O) groups is 2. The third-order valence-corrected chi connectivity index (χ3v) is 3.63. The summed E-state index contributed by atoms with van der Waals surface area (Å²) >= 11 is 0. The number of para-hydroxylation sites is 1. The van der Waals surface area contributed by atoms with E-state index in [1.54, 1.807) is 24.3 Å². The molecule has 1 atom stereocenters. The highest BCUT2D eigenvalue weighted by Crippen LogP contribution is 2.23. The van der Waals surface area contributed by atoms with E-state index in [0.717, 1.165) is 11.0 Å². The minimum absolute atomic E-state index is 0.228. The van der Waals surface area contributed by atoms with Crippen LogP contribution in [0.25, 0.3) is 11.0 Å². The molecule has 0 radical (unpaired) electrons. The molecule has 0 spiro atoms. The van der Waals surface area contributed by atoms with Crippen LogP contribution in [0.5, 0.6) is 0 Å². The van der Waals surface area contributed by atoms with Crippen molar-refractivity contribution >= 4 is 28.6 Å². The van der Waals surface area contributed by atoms with Gasteiger partial charge in [0.1, 0.15) is 11.3 Å². The molecule has 24 heavy (non-hydrogen) atoms. The lowest BCUT2D eigenvalue weighted by molar-refractivity contribution is 0.0935. The molecule has 0 fully saturated rings. The van der Waals surface area contributed by atoms with E-state index in [4.69, 9.17) is 10.2 Å². The molecule has 0 saturated heterocycles. The first-order valence-electron chi connectivity index (χ1n) is 7.49. The molecule has 6 nitrogen and oxygen atoms in total. The van der Waals surface area contributed by atoms with Crippen molar-refractivity contribution in [1.29, 1.82) is 0 Å². The van der Waals surface area contributed by atoms with Crippen LogP contribution in [0, 0.1) is 0 Å². The van der Waals surface area contributed by atoms with Crippen molar-refractivity contribution in [1.82, 2.24) is 5.32 Å². The lowest BCUT2D eigenvalue weighted by Gasteiger charge is -2.11. The molecule has 122 valence electrons. The molecule has 0 aliphatic rings. The van der Waals surface area contributed by atoms with Crippen LogP contribution in [-0.2, 0) is 0 Å². The van der Waals surface area contributed by atoms with Crippen LogP contribution in [0.1, 0.15) is 29.1 Å². The van der Waals surface area contributed by atoms with Gasteiger partial charge in [-0.2, -0.15) is 0 Å². The molecule has 6 heteroatoms. The number of hydrogen-bond donors (Lipinski definition) is 3. The number of urea groups is 1. The van der Waals surface area contributed by atoms with Gasteiger partial charge in [0.25, 0.3) is 5.91 Å². The van der Waals surface area contributed by atoms with E-state index in [1.165, 1.54) is 0 Å². The number of hydrogen-bond acceptors (Lipinski definition) is 3. The van der Waals surface area contributed by atoms with Gasteiger partial charge in [0.05, 0.1) is 6.04 Å². The molecule has 2 aromatic carbocycles. The molecule has 1 aromatic heterocycles. The van der Waals surface area contributed by atoms with Gasteiger partial charge in [0.2, 0.25) is 0 Å². The molecule has 1 unspecified atom stereocenters. The van der Waals surface area contributed by atoms with Gasteiger partial charge in [-0.05, 0) is 43.3 Å². The first-order chi connectivity index (χ1) is 11.5. The quantitative estimate of drug-likeness (QED) is 0.686. The summed E-state index contributed by atoms with van der Waals surface area (Å²) in [5.74, 6) is 0.463. The minimum Gasteiger partial charge on any atom is -0.459 e.